The predicted octanol–water partition coefficient (Wildman–Crippen LogP) is 2.56. The van der Waals surface area contributed by atoms with E-state index in [0.717, 1.165) is 22.2 Å². The van der Waals surface area contributed by atoms with E-state index in [9.17, 15) is 4.79 Å². The maximum absolute atomic E-state index is 12.4. The van der Waals surface area contributed by atoms with Crippen LogP contribution in [0.4, 0.5) is 0 Å². The van der Waals surface area contributed by atoms with E-state index in [0.29, 0.717) is 24.4 Å². The Morgan fingerprint density at radius 1 is 1.16 bits per heavy atom. The van der Waals surface area contributed by atoms with Gasteiger partial charge in [-0.05, 0) is 36.2 Å². The van der Waals surface area contributed by atoms with Crippen LogP contribution < -0.4 is 14.8 Å². The van der Waals surface area contributed by atoms with Crippen LogP contribution in [0, 0.1) is 0 Å². The molecule has 0 saturated heterocycles. The number of fused-ring (bicyclic) bond motifs is 1. The van der Waals surface area contributed by atoms with E-state index in [-0.39, 0.29) is 5.91 Å². The van der Waals surface area contributed by atoms with Crippen molar-refractivity contribution in [2.24, 2.45) is 7.05 Å². The molecule has 0 aliphatic rings. The summed E-state index contributed by atoms with van der Waals surface area (Å²) in [5, 5.41) is 8.20. The molecule has 0 unspecified atom stereocenters. The number of rotatable bonds is 6. The lowest BCUT2D eigenvalue weighted by Crippen LogP contribution is -2.25. The number of ether oxygens (including phenoxy) is 2. The minimum absolute atomic E-state index is 0.124. The summed E-state index contributed by atoms with van der Waals surface area (Å²) in [4.78, 5) is 12.4. The molecule has 0 saturated carbocycles. The second-order valence-electron chi connectivity index (χ2n) is 5.68. The van der Waals surface area contributed by atoms with Crippen LogP contribution in [0.3, 0.4) is 0 Å². The van der Waals surface area contributed by atoms with Crippen molar-refractivity contribution in [3.05, 3.63) is 53.6 Å². The first-order chi connectivity index (χ1) is 12.1. The molecule has 0 radical (unpaired) electrons. The van der Waals surface area contributed by atoms with Crippen molar-refractivity contribution in [3.63, 3.8) is 0 Å². The smallest absolute Gasteiger partial charge is 0.251 e. The molecule has 130 valence electrons. The second-order valence-corrected chi connectivity index (χ2v) is 5.68. The number of carbonyl (C=O) groups is 1. The number of aromatic nitrogens is 2. The Balaban J connectivity index is 1.68. The van der Waals surface area contributed by atoms with Gasteiger partial charge >= 0.3 is 0 Å². The minimum Gasteiger partial charge on any atom is -0.496 e. The number of hydrogen-bond acceptors (Lipinski definition) is 4. The van der Waals surface area contributed by atoms with Gasteiger partial charge in [-0.15, -0.1) is 0 Å². The van der Waals surface area contributed by atoms with Gasteiger partial charge in [0.15, 0.2) is 0 Å². The first-order valence-corrected chi connectivity index (χ1v) is 8.05. The summed E-state index contributed by atoms with van der Waals surface area (Å²) >= 11 is 0. The van der Waals surface area contributed by atoms with Crippen LogP contribution in [-0.4, -0.2) is 36.5 Å². The Labute approximate surface area is 146 Å². The lowest BCUT2D eigenvalue weighted by atomic mass is 10.1. The number of para-hydroxylation sites is 1. The summed E-state index contributed by atoms with van der Waals surface area (Å²) in [5.41, 5.74) is 2.38. The fourth-order valence-corrected chi connectivity index (χ4v) is 2.88. The Hall–Kier alpha value is -3.02. The second kappa shape index (κ2) is 7.25. The molecule has 0 aliphatic heterocycles. The van der Waals surface area contributed by atoms with Crippen molar-refractivity contribution >= 4 is 16.8 Å². The average molecular weight is 339 g/mol. The number of carbonyl (C=O) groups excluding carboxylic acids is 1. The van der Waals surface area contributed by atoms with Gasteiger partial charge < -0.3 is 14.8 Å². The van der Waals surface area contributed by atoms with Crippen LogP contribution in [0.5, 0.6) is 11.6 Å². The fourth-order valence-electron chi connectivity index (χ4n) is 2.88. The van der Waals surface area contributed by atoms with Crippen molar-refractivity contribution in [2.75, 3.05) is 20.8 Å². The van der Waals surface area contributed by atoms with Crippen molar-refractivity contribution < 1.29 is 14.3 Å². The highest BCUT2D eigenvalue weighted by atomic mass is 16.5. The third kappa shape index (κ3) is 3.42. The van der Waals surface area contributed by atoms with Crippen LogP contribution in [0.1, 0.15) is 15.9 Å². The highest BCUT2D eigenvalue weighted by molar-refractivity contribution is 5.98. The summed E-state index contributed by atoms with van der Waals surface area (Å²) in [6, 6.07) is 13.2. The number of aryl methyl sites for hydroxylation is 1. The van der Waals surface area contributed by atoms with Gasteiger partial charge in [0, 0.05) is 19.2 Å². The molecule has 2 aromatic carbocycles. The van der Waals surface area contributed by atoms with Crippen LogP contribution in [0.2, 0.25) is 0 Å². The molecule has 1 N–H and O–H groups in total. The molecule has 1 heterocycles. The number of amides is 1. The topological polar surface area (TPSA) is 65.4 Å². The van der Waals surface area contributed by atoms with E-state index in [1.807, 2.05) is 37.4 Å². The molecule has 6 nitrogen and oxygen atoms in total. The largest absolute Gasteiger partial charge is 0.496 e. The minimum atomic E-state index is -0.124. The summed E-state index contributed by atoms with van der Waals surface area (Å²) in [7, 11) is 5.06. The molecule has 0 spiro atoms. The molecule has 6 heteroatoms. The number of benzene rings is 2. The number of hydrogen-bond donors (Lipinski definition) is 1. The molecule has 0 fully saturated rings. The van der Waals surface area contributed by atoms with Crippen LogP contribution in [0.25, 0.3) is 10.9 Å². The van der Waals surface area contributed by atoms with E-state index >= 15 is 0 Å². The SMILES string of the molecule is COc1ccccc1CCNC(=O)c1ccc2c(OC)n(C)nc2c1. The van der Waals surface area contributed by atoms with Crippen LogP contribution in [-0.2, 0) is 13.5 Å². The Morgan fingerprint density at radius 2 is 1.96 bits per heavy atom. The van der Waals surface area contributed by atoms with Crippen molar-refractivity contribution in [1.29, 1.82) is 0 Å². The van der Waals surface area contributed by atoms with Crippen LogP contribution in [0.15, 0.2) is 42.5 Å². The standard InChI is InChI=1S/C19H21N3O3/c1-22-19(25-3)15-9-8-14(12-16(15)21-22)18(23)20-11-10-13-6-4-5-7-17(13)24-2/h4-9,12H,10-11H2,1-3H3,(H,20,23). The monoisotopic (exact) mass is 339 g/mol. The molecular formula is C19H21N3O3. The maximum Gasteiger partial charge on any atom is 0.251 e. The molecule has 25 heavy (non-hydrogen) atoms. The zero-order valence-electron chi connectivity index (χ0n) is 14.6. The molecule has 3 rings (SSSR count). The highest BCUT2D eigenvalue weighted by Crippen LogP contribution is 2.25. The van der Waals surface area contributed by atoms with Crippen molar-refractivity contribution in [3.8, 4) is 11.6 Å². The molecule has 0 atom stereocenters. The van der Waals surface area contributed by atoms with Gasteiger partial charge in [-0.2, -0.15) is 5.10 Å². The molecule has 1 amide bonds. The van der Waals surface area contributed by atoms with Gasteiger partial charge in [-0.25, -0.2) is 4.68 Å². The lowest BCUT2D eigenvalue weighted by Gasteiger charge is -2.09. The van der Waals surface area contributed by atoms with Gasteiger partial charge in [0.2, 0.25) is 5.88 Å². The van der Waals surface area contributed by atoms with Crippen molar-refractivity contribution in [1.82, 2.24) is 15.1 Å². The summed E-state index contributed by atoms with van der Waals surface area (Å²) < 4.78 is 12.3. The summed E-state index contributed by atoms with van der Waals surface area (Å²) in [6.45, 7) is 0.531. The zero-order chi connectivity index (χ0) is 17.8. The summed E-state index contributed by atoms with van der Waals surface area (Å²) in [5.74, 6) is 1.39. The maximum atomic E-state index is 12.4. The fraction of sp³-hybridized carbons (Fsp3) is 0.263. The van der Waals surface area contributed by atoms with E-state index in [2.05, 4.69) is 10.4 Å². The lowest BCUT2D eigenvalue weighted by molar-refractivity contribution is 0.0954. The van der Waals surface area contributed by atoms with E-state index in [4.69, 9.17) is 9.47 Å². The number of methoxy groups -OCH3 is 2. The average Bonchev–Trinajstić information content (AvgIpc) is 2.96. The highest BCUT2D eigenvalue weighted by Gasteiger charge is 2.12. The van der Waals surface area contributed by atoms with Gasteiger partial charge in [-0.3, -0.25) is 4.79 Å². The van der Waals surface area contributed by atoms with E-state index in [1.54, 1.807) is 31.0 Å². The Kier molecular flexibility index (Phi) is 4.88. The molecule has 0 bridgehead atoms. The summed E-state index contributed by atoms with van der Waals surface area (Å²) in [6.07, 6.45) is 0.704. The predicted molar refractivity (Wildman–Crippen MR) is 96.3 cm³/mol. The molecular weight excluding hydrogens is 318 g/mol. The van der Waals surface area contributed by atoms with Gasteiger partial charge in [-0.1, -0.05) is 18.2 Å². The molecule has 3 aromatic rings. The third-order valence-corrected chi connectivity index (χ3v) is 4.11. The van der Waals surface area contributed by atoms with Crippen molar-refractivity contribution in [2.45, 2.75) is 6.42 Å². The van der Waals surface area contributed by atoms with E-state index in [1.165, 1.54) is 0 Å². The van der Waals surface area contributed by atoms with Gasteiger partial charge in [0.25, 0.3) is 5.91 Å². The zero-order valence-corrected chi connectivity index (χ0v) is 14.6. The molecule has 1 aromatic heterocycles. The Bertz CT molecular complexity index is 902. The quantitative estimate of drug-likeness (QED) is 0.750. The third-order valence-electron chi connectivity index (χ3n) is 4.11. The first-order valence-electron chi connectivity index (χ1n) is 8.05. The van der Waals surface area contributed by atoms with E-state index < -0.39 is 0 Å². The van der Waals surface area contributed by atoms with Gasteiger partial charge in [0.05, 0.1) is 25.1 Å². The van der Waals surface area contributed by atoms with Crippen LogP contribution >= 0.6 is 0 Å². The Morgan fingerprint density at radius 3 is 2.72 bits per heavy atom. The van der Waals surface area contributed by atoms with Gasteiger partial charge in [0.1, 0.15) is 5.75 Å². The normalized spacial score (nSPS) is 10.7. The molecule has 0 aliphatic carbocycles. The number of nitrogens with one attached hydrogen (secondary N) is 1. The first kappa shape index (κ1) is 16.8. The number of nitrogens with zero attached hydrogens (tertiary/aromatic N) is 2.